The van der Waals surface area contributed by atoms with E-state index < -0.39 is 0 Å². The lowest BCUT2D eigenvalue weighted by Gasteiger charge is -2.25. The number of nitrogens with one attached hydrogen (secondary N) is 1. The highest BCUT2D eigenvalue weighted by molar-refractivity contribution is 7.99. The molecule has 1 aliphatic carbocycles. The highest BCUT2D eigenvalue weighted by atomic mass is 32.2. The minimum atomic E-state index is -0.0778. The van der Waals surface area contributed by atoms with Gasteiger partial charge in [0.05, 0.1) is 17.2 Å². The fourth-order valence-corrected chi connectivity index (χ4v) is 6.26. The molecule has 1 amide bonds. The molecule has 0 saturated carbocycles. The Labute approximate surface area is 196 Å². The van der Waals surface area contributed by atoms with Crippen LogP contribution in [0.5, 0.6) is 0 Å². The second-order valence-corrected chi connectivity index (χ2v) is 10.1. The molecule has 32 heavy (non-hydrogen) atoms. The van der Waals surface area contributed by atoms with Crippen molar-refractivity contribution in [3.63, 3.8) is 0 Å². The van der Waals surface area contributed by atoms with Gasteiger partial charge in [0.15, 0.2) is 5.16 Å². The Hall–Kier alpha value is -2.42. The minimum absolute atomic E-state index is 0.0195. The summed E-state index contributed by atoms with van der Waals surface area (Å²) < 4.78 is 1.64. The van der Waals surface area contributed by atoms with Gasteiger partial charge in [0, 0.05) is 18.0 Å². The molecule has 6 nitrogen and oxygen atoms in total. The van der Waals surface area contributed by atoms with Crippen molar-refractivity contribution in [3.05, 3.63) is 69.3 Å². The number of rotatable bonds is 9. The van der Waals surface area contributed by atoms with E-state index in [0.717, 1.165) is 35.0 Å². The van der Waals surface area contributed by atoms with E-state index >= 15 is 0 Å². The number of thioether (sulfide) groups is 1. The summed E-state index contributed by atoms with van der Waals surface area (Å²) in [7, 11) is 4.01. The SMILES string of the molecule is C=CCn1c(SCC(=O)NC[C@@H](c2ccccc2)N(C)C)nc2sc3c(c2c1=O)CCC3. The molecule has 4 rings (SSSR count). The predicted octanol–water partition coefficient (Wildman–Crippen LogP) is 3.64. The third-order valence-electron chi connectivity index (χ3n) is 5.73. The lowest BCUT2D eigenvalue weighted by molar-refractivity contribution is -0.118. The fraction of sp³-hybridized carbons (Fsp3) is 0.375. The van der Waals surface area contributed by atoms with Gasteiger partial charge < -0.3 is 10.2 Å². The van der Waals surface area contributed by atoms with Crippen LogP contribution >= 0.6 is 23.1 Å². The van der Waals surface area contributed by atoms with Gasteiger partial charge in [-0.2, -0.15) is 0 Å². The fourth-order valence-electron chi connectivity index (χ4n) is 4.12. The number of nitrogens with zero attached hydrogens (tertiary/aromatic N) is 3. The number of fused-ring (bicyclic) bond motifs is 3. The highest BCUT2D eigenvalue weighted by Crippen LogP contribution is 2.35. The number of hydrogen-bond donors (Lipinski definition) is 1. The first kappa shape index (κ1) is 22.8. The van der Waals surface area contributed by atoms with Crippen LogP contribution in [0.15, 0.2) is 52.9 Å². The summed E-state index contributed by atoms with van der Waals surface area (Å²) in [5.74, 6) is 0.126. The molecule has 3 aromatic rings. The molecule has 0 radical (unpaired) electrons. The second-order valence-electron chi connectivity index (χ2n) is 8.12. The Morgan fingerprint density at radius 2 is 2.12 bits per heavy atom. The lowest BCUT2D eigenvalue weighted by atomic mass is 10.1. The summed E-state index contributed by atoms with van der Waals surface area (Å²) in [6.45, 7) is 4.69. The van der Waals surface area contributed by atoms with Crippen LogP contribution in [0.4, 0.5) is 0 Å². The highest BCUT2D eigenvalue weighted by Gasteiger charge is 2.23. The van der Waals surface area contributed by atoms with Gasteiger partial charge in [-0.1, -0.05) is 48.2 Å². The quantitative estimate of drug-likeness (QED) is 0.295. The Balaban J connectivity index is 1.47. The molecule has 1 aliphatic rings. The molecule has 1 N–H and O–H groups in total. The van der Waals surface area contributed by atoms with Gasteiger partial charge in [-0.25, -0.2) is 4.98 Å². The van der Waals surface area contributed by atoms with E-state index in [4.69, 9.17) is 4.98 Å². The van der Waals surface area contributed by atoms with Crippen LogP contribution < -0.4 is 10.9 Å². The molecule has 1 aromatic carbocycles. The number of carbonyl (C=O) groups excluding carboxylic acids is 1. The van der Waals surface area contributed by atoms with Crippen molar-refractivity contribution in [2.24, 2.45) is 0 Å². The molecular weight excluding hydrogens is 440 g/mol. The standard InChI is InChI=1S/C24H28N4O2S2/c1-4-13-28-23(30)21-17-11-8-12-19(17)32-22(21)26-24(28)31-15-20(29)25-14-18(27(2)3)16-9-6-5-7-10-16/h4-7,9-10,18H,1,8,11-15H2,2-3H3,(H,25,29)/t18-/m0/s1. The van der Waals surface area contributed by atoms with Crippen LogP contribution in [0.3, 0.4) is 0 Å². The first-order valence-electron chi connectivity index (χ1n) is 10.8. The summed E-state index contributed by atoms with van der Waals surface area (Å²) in [5, 5.41) is 4.37. The van der Waals surface area contributed by atoms with Crippen molar-refractivity contribution >= 4 is 39.2 Å². The summed E-state index contributed by atoms with van der Waals surface area (Å²) in [6, 6.07) is 10.2. The summed E-state index contributed by atoms with van der Waals surface area (Å²) >= 11 is 2.93. The predicted molar refractivity (Wildman–Crippen MR) is 133 cm³/mol. The van der Waals surface area contributed by atoms with Gasteiger partial charge >= 0.3 is 0 Å². The van der Waals surface area contributed by atoms with Gasteiger partial charge in [0.25, 0.3) is 5.56 Å². The summed E-state index contributed by atoms with van der Waals surface area (Å²) in [5.41, 5.74) is 2.31. The average molecular weight is 469 g/mol. The van der Waals surface area contributed by atoms with Gasteiger partial charge in [-0.3, -0.25) is 14.2 Å². The molecule has 1 atom stereocenters. The van der Waals surface area contributed by atoms with Crippen LogP contribution in [-0.4, -0.2) is 46.8 Å². The second kappa shape index (κ2) is 10.0. The Morgan fingerprint density at radius 3 is 2.84 bits per heavy atom. The molecule has 0 bridgehead atoms. The monoisotopic (exact) mass is 468 g/mol. The normalized spacial score (nSPS) is 14.0. The summed E-state index contributed by atoms with van der Waals surface area (Å²) in [6.07, 6.45) is 4.78. The van der Waals surface area contributed by atoms with Crippen molar-refractivity contribution in [1.82, 2.24) is 19.8 Å². The third kappa shape index (κ3) is 4.67. The number of thiophene rings is 1. The average Bonchev–Trinajstić information content (AvgIpc) is 3.36. The smallest absolute Gasteiger partial charge is 0.263 e. The van der Waals surface area contributed by atoms with E-state index in [9.17, 15) is 9.59 Å². The maximum Gasteiger partial charge on any atom is 0.263 e. The topological polar surface area (TPSA) is 67.2 Å². The largest absolute Gasteiger partial charge is 0.353 e. The molecule has 0 spiro atoms. The van der Waals surface area contributed by atoms with Crippen molar-refractivity contribution in [3.8, 4) is 0 Å². The number of allylic oxidation sites excluding steroid dienone is 1. The first-order chi connectivity index (χ1) is 15.5. The maximum atomic E-state index is 13.2. The molecule has 2 aromatic heterocycles. The molecule has 168 valence electrons. The molecule has 8 heteroatoms. The molecule has 0 aliphatic heterocycles. The van der Waals surface area contributed by atoms with Crippen LogP contribution in [0.2, 0.25) is 0 Å². The maximum absolute atomic E-state index is 13.2. The minimum Gasteiger partial charge on any atom is -0.353 e. The van der Waals surface area contributed by atoms with Crippen molar-refractivity contribution in [1.29, 1.82) is 0 Å². The van der Waals surface area contributed by atoms with Crippen LogP contribution in [-0.2, 0) is 24.2 Å². The molecule has 0 unspecified atom stereocenters. The Kier molecular flexibility index (Phi) is 7.13. The third-order valence-corrected chi connectivity index (χ3v) is 7.90. The van der Waals surface area contributed by atoms with Gasteiger partial charge in [0.2, 0.25) is 5.91 Å². The van der Waals surface area contributed by atoms with E-state index in [0.29, 0.717) is 18.2 Å². The van der Waals surface area contributed by atoms with E-state index in [1.54, 1.807) is 22.0 Å². The number of hydrogen-bond acceptors (Lipinski definition) is 6. The number of likely N-dealkylation sites (N-methyl/N-ethyl adjacent to an activating group) is 1. The van der Waals surface area contributed by atoms with Gasteiger partial charge in [0.1, 0.15) is 4.83 Å². The molecular formula is C24H28N4O2S2. The number of carbonyl (C=O) groups is 1. The summed E-state index contributed by atoms with van der Waals surface area (Å²) in [4.78, 5) is 34.8. The van der Waals surface area contributed by atoms with Crippen LogP contribution in [0.25, 0.3) is 10.2 Å². The zero-order valence-corrected chi connectivity index (χ0v) is 20.1. The van der Waals surface area contributed by atoms with Crippen LogP contribution in [0.1, 0.15) is 28.5 Å². The van der Waals surface area contributed by atoms with E-state index in [1.807, 2.05) is 32.3 Å². The van der Waals surface area contributed by atoms with E-state index in [-0.39, 0.29) is 23.3 Å². The molecule has 0 fully saturated rings. The number of aromatic nitrogens is 2. The van der Waals surface area contributed by atoms with E-state index in [1.165, 1.54) is 22.2 Å². The van der Waals surface area contributed by atoms with Crippen molar-refractivity contribution < 1.29 is 4.79 Å². The van der Waals surface area contributed by atoms with Crippen molar-refractivity contribution in [2.75, 3.05) is 26.4 Å². The van der Waals surface area contributed by atoms with Gasteiger partial charge in [-0.05, 0) is 44.5 Å². The molecule has 0 saturated heterocycles. The number of benzene rings is 1. The van der Waals surface area contributed by atoms with Crippen molar-refractivity contribution in [2.45, 2.75) is 37.0 Å². The molecule has 2 heterocycles. The van der Waals surface area contributed by atoms with Crippen LogP contribution in [0, 0.1) is 0 Å². The zero-order chi connectivity index (χ0) is 22.7. The van der Waals surface area contributed by atoms with Gasteiger partial charge in [-0.15, -0.1) is 17.9 Å². The number of amides is 1. The lowest BCUT2D eigenvalue weighted by Crippen LogP contribution is -2.35. The Morgan fingerprint density at radius 1 is 1.34 bits per heavy atom. The first-order valence-corrected chi connectivity index (χ1v) is 12.6. The number of aryl methyl sites for hydroxylation is 2. The zero-order valence-electron chi connectivity index (χ0n) is 18.5. The Bertz CT molecular complexity index is 1180. The van der Waals surface area contributed by atoms with E-state index in [2.05, 4.69) is 28.9 Å².